The molecule has 0 saturated heterocycles. The van der Waals surface area contributed by atoms with Crippen LogP contribution in [0.15, 0.2) is 45.8 Å². The minimum absolute atomic E-state index is 0.0283. The van der Waals surface area contributed by atoms with Crippen LogP contribution >= 0.6 is 15.9 Å². The third kappa shape index (κ3) is 2.14. The van der Waals surface area contributed by atoms with Crippen molar-refractivity contribution in [2.45, 2.75) is 0 Å². The monoisotopic (exact) mass is 292 g/mol. The fourth-order valence-electron chi connectivity index (χ4n) is 1.63. The van der Waals surface area contributed by atoms with Crippen molar-refractivity contribution in [3.63, 3.8) is 0 Å². The van der Waals surface area contributed by atoms with Gasteiger partial charge in [-0.05, 0) is 17.7 Å². The van der Waals surface area contributed by atoms with E-state index in [0.29, 0.717) is 5.56 Å². The first-order chi connectivity index (χ1) is 8.11. The zero-order valence-corrected chi connectivity index (χ0v) is 10.3. The number of halogens is 1. The Hall–Kier alpha value is -1.88. The molecule has 0 atom stereocenters. The number of amides is 1. The molecule has 86 valence electrons. The fourth-order valence-corrected chi connectivity index (χ4v) is 2.13. The van der Waals surface area contributed by atoms with Crippen LogP contribution in [0.4, 0.5) is 0 Å². The van der Waals surface area contributed by atoms with Crippen molar-refractivity contribution in [2.75, 3.05) is 0 Å². The van der Waals surface area contributed by atoms with E-state index < -0.39 is 11.5 Å². The third-order valence-corrected chi connectivity index (χ3v) is 3.06. The standard InChI is InChI=1S/C12H9BrN2O2/c13-9-4-2-1-3-7(9)8-5-6-15-12(17)10(8)11(14)16/h1-6H,(H2,14,16)(H,15,17). The Labute approximate surface area is 106 Å². The minimum Gasteiger partial charge on any atom is -0.365 e. The van der Waals surface area contributed by atoms with Crippen LogP contribution in [0.2, 0.25) is 0 Å². The number of carbonyl (C=O) groups excluding carboxylic acids is 1. The van der Waals surface area contributed by atoms with E-state index in [4.69, 9.17) is 5.73 Å². The van der Waals surface area contributed by atoms with Gasteiger partial charge in [-0.1, -0.05) is 34.1 Å². The van der Waals surface area contributed by atoms with E-state index in [1.807, 2.05) is 24.3 Å². The van der Waals surface area contributed by atoms with Gasteiger partial charge < -0.3 is 10.7 Å². The molecule has 0 bridgehead atoms. The lowest BCUT2D eigenvalue weighted by atomic mass is 10.0. The van der Waals surface area contributed by atoms with E-state index in [0.717, 1.165) is 10.0 Å². The topological polar surface area (TPSA) is 76.0 Å². The van der Waals surface area contributed by atoms with Crippen molar-refractivity contribution >= 4 is 21.8 Å². The summed E-state index contributed by atoms with van der Waals surface area (Å²) < 4.78 is 0.799. The van der Waals surface area contributed by atoms with Crippen LogP contribution in [-0.4, -0.2) is 10.9 Å². The summed E-state index contributed by atoms with van der Waals surface area (Å²) in [5, 5.41) is 0. The molecule has 0 spiro atoms. The molecule has 1 aromatic carbocycles. The van der Waals surface area contributed by atoms with E-state index in [2.05, 4.69) is 20.9 Å². The number of nitrogens with two attached hydrogens (primary N) is 1. The van der Waals surface area contributed by atoms with Gasteiger partial charge in [-0.15, -0.1) is 0 Å². The average Bonchev–Trinajstić information content (AvgIpc) is 2.28. The number of pyridine rings is 1. The Balaban J connectivity index is 2.77. The SMILES string of the molecule is NC(=O)c1c(-c2ccccc2Br)cc[nH]c1=O. The molecule has 1 amide bonds. The highest BCUT2D eigenvalue weighted by atomic mass is 79.9. The Morgan fingerprint density at radius 1 is 1.18 bits per heavy atom. The Bertz CT molecular complexity index is 634. The molecular formula is C12H9BrN2O2. The van der Waals surface area contributed by atoms with Gasteiger partial charge in [-0.2, -0.15) is 0 Å². The molecule has 0 unspecified atom stereocenters. The highest BCUT2D eigenvalue weighted by molar-refractivity contribution is 9.10. The third-order valence-electron chi connectivity index (χ3n) is 2.37. The molecule has 0 radical (unpaired) electrons. The molecule has 2 aromatic rings. The molecule has 3 N–H and O–H groups in total. The van der Waals surface area contributed by atoms with Crippen molar-refractivity contribution in [1.29, 1.82) is 0 Å². The van der Waals surface area contributed by atoms with Crippen molar-refractivity contribution in [3.05, 3.63) is 56.9 Å². The molecule has 0 aliphatic heterocycles. The number of rotatable bonds is 2. The van der Waals surface area contributed by atoms with Gasteiger partial charge in [-0.25, -0.2) is 0 Å². The van der Waals surface area contributed by atoms with Crippen LogP contribution in [-0.2, 0) is 0 Å². The Kier molecular flexibility index (Phi) is 3.10. The molecule has 0 aliphatic rings. The summed E-state index contributed by atoms with van der Waals surface area (Å²) in [5.41, 5.74) is 6.00. The van der Waals surface area contributed by atoms with Gasteiger partial charge in [0.05, 0.1) is 0 Å². The first-order valence-electron chi connectivity index (χ1n) is 4.87. The van der Waals surface area contributed by atoms with Crippen molar-refractivity contribution < 1.29 is 4.79 Å². The molecule has 2 rings (SSSR count). The molecule has 4 nitrogen and oxygen atoms in total. The summed E-state index contributed by atoms with van der Waals surface area (Å²) in [5.74, 6) is -0.738. The molecule has 0 saturated carbocycles. The van der Waals surface area contributed by atoms with E-state index in [-0.39, 0.29) is 5.56 Å². The number of H-pyrrole nitrogens is 1. The summed E-state index contributed by atoms with van der Waals surface area (Å²) in [6.45, 7) is 0. The van der Waals surface area contributed by atoms with E-state index in [9.17, 15) is 9.59 Å². The number of hydrogen-bond donors (Lipinski definition) is 2. The lowest BCUT2D eigenvalue weighted by Crippen LogP contribution is -2.24. The van der Waals surface area contributed by atoms with Gasteiger partial charge in [0.15, 0.2) is 0 Å². The number of benzene rings is 1. The minimum atomic E-state index is -0.738. The normalized spacial score (nSPS) is 10.2. The highest BCUT2D eigenvalue weighted by Gasteiger charge is 2.15. The molecule has 1 heterocycles. The Morgan fingerprint density at radius 2 is 1.88 bits per heavy atom. The molecule has 0 fully saturated rings. The molecule has 5 heteroatoms. The van der Waals surface area contributed by atoms with Gasteiger partial charge in [0.1, 0.15) is 5.56 Å². The van der Waals surface area contributed by atoms with Crippen molar-refractivity contribution in [2.24, 2.45) is 5.73 Å². The summed E-state index contributed by atoms with van der Waals surface area (Å²) in [7, 11) is 0. The van der Waals surface area contributed by atoms with Crippen LogP contribution in [0.5, 0.6) is 0 Å². The van der Waals surface area contributed by atoms with Crippen LogP contribution in [0.3, 0.4) is 0 Å². The summed E-state index contributed by atoms with van der Waals surface area (Å²) >= 11 is 3.38. The second-order valence-electron chi connectivity index (χ2n) is 3.44. The zero-order valence-electron chi connectivity index (χ0n) is 8.74. The Morgan fingerprint density at radius 3 is 2.53 bits per heavy atom. The smallest absolute Gasteiger partial charge is 0.261 e. The number of aromatic amines is 1. The first kappa shape index (κ1) is 11.6. The highest BCUT2D eigenvalue weighted by Crippen LogP contribution is 2.28. The van der Waals surface area contributed by atoms with Gasteiger partial charge in [0.25, 0.3) is 11.5 Å². The number of hydrogen-bond acceptors (Lipinski definition) is 2. The molecule has 17 heavy (non-hydrogen) atoms. The number of aromatic nitrogens is 1. The van der Waals surface area contributed by atoms with E-state index in [1.165, 1.54) is 6.20 Å². The van der Waals surface area contributed by atoms with Crippen molar-refractivity contribution in [1.82, 2.24) is 4.98 Å². The maximum Gasteiger partial charge on any atom is 0.261 e. The van der Waals surface area contributed by atoms with Gasteiger partial charge >= 0.3 is 0 Å². The van der Waals surface area contributed by atoms with Crippen molar-refractivity contribution in [3.8, 4) is 11.1 Å². The van der Waals surface area contributed by atoms with Gasteiger partial charge in [0.2, 0.25) is 0 Å². The fraction of sp³-hybridized carbons (Fsp3) is 0. The molecule has 1 aromatic heterocycles. The van der Waals surface area contributed by atoms with Gasteiger partial charge in [-0.3, -0.25) is 9.59 Å². The predicted molar refractivity (Wildman–Crippen MR) is 68.7 cm³/mol. The number of nitrogens with one attached hydrogen (secondary N) is 1. The van der Waals surface area contributed by atoms with E-state index >= 15 is 0 Å². The largest absolute Gasteiger partial charge is 0.365 e. The average molecular weight is 293 g/mol. The summed E-state index contributed by atoms with van der Waals surface area (Å²) in [6.07, 6.45) is 1.49. The summed E-state index contributed by atoms with van der Waals surface area (Å²) in [6, 6.07) is 8.98. The quantitative estimate of drug-likeness (QED) is 0.887. The first-order valence-corrected chi connectivity index (χ1v) is 5.67. The van der Waals surface area contributed by atoms with E-state index in [1.54, 1.807) is 6.07 Å². The number of primary amides is 1. The second-order valence-corrected chi connectivity index (χ2v) is 4.29. The zero-order chi connectivity index (χ0) is 12.4. The van der Waals surface area contributed by atoms with Gasteiger partial charge in [0, 0.05) is 16.2 Å². The number of carbonyl (C=O) groups is 1. The van der Waals surface area contributed by atoms with Crippen LogP contribution < -0.4 is 11.3 Å². The second kappa shape index (κ2) is 4.55. The molecule has 0 aliphatic carbocycles. The lowest BCUT2D eigenvalue weighted by molar-refractivity contribution is 0.0999. The summed E-state index contributed by atoms with van der Waals surface area (Å²) in [4.78, 5) is 25.3. The predicted octanol–water partition coefficient (Wildman–Crippen LogP) is 1.90. The van der Waals surface area contributed by atoms with Crippen LogP contribution in [0, 0.1) is 0 Å². The van der Waals surface area contributed by atoms with Crippen LogP contribution in [0.25, 0.3) is 11.1 Å². The lowest BCUT2D eigenvalue weighted by Gasteiger charge is -2.07. The maximum absolute atomic E-state index is 11.6. The molecular weight excluding hydrogens is 284 g/mol. The van der Waals surface area contributed by atoms with Crippen LogP contribution in [0.1, 0.15) is 10.4 Å². The maximum atomic E-state index is 11.6.